The van der Waals surface area contributed by atoms with E-state index < -0.39 is 12.0 Å². The molecule has 1 aromatic heterocycles. The number of unbranched alkanes of at least 4 members (excludes halogenated alkanes) is 5. The zero-order valence-electron chi connectivity index (χ0n) is 13.5. The second kappa shape index (κ2) is 10.8. The fourth-order valence-corrected chi connectivity index (χ4v) is 2.26. The van der Waals surface area contributed by atoms with Gasteiger partial charge >= 0.3 is 5.97 Å². The van der Waals surface area contributed by atoms with E-state index in [1.54, 1.807) is 18.3 Å². The van der Waals surface area contributed by atoms with E-state index in [2.05, 4.69) is 17.2 Å². The maximum Gasteiger partial charge on any atom is 0.328 e. The van der Waals surface area contributed by atoms with E-state index >= 15 is 0 Å². The Bertz CT molecular complexity index is 448. The Labute approximate surface area is 132 Å². The number of carbonyl (C=O) groups excluding carboxylic acids is 2. The number of methoxy groups -OCH3 is 1. The summed E-state index contributed by atoms with van der Waals surface area (Å²) in [6.07, 6.45) is 10.5. The summed E-state index contributed by atoms with van der Waals surface area (Å²) in [6, 6.07) is 2.76. The van der Waals surface area contributed by atoms with Gasteiger partial charge in [0.2, 0.25) is 0 Å². The maximum atomic E-state index is 12.1. The fourth-order valence-electron chi connectivity index (χ4n) is 2.26. The summed E-state index contributed by atoms with van der Waals surface area (Å²) in [7, 11) is 1.34. The summed E-state index contributed by atoms with van der Waals surface area (Å²) in [5.74, 6) is -0.694. The van der Waals surface area contributed by atoms with Crippen molar-refractivity contribution < 1.29 is 14.3 Å². The summed E-state index contributed by atoms with van der Waals surface area (Å²) in [5, 5.41) is 2.73. The van der Waals surface area contributed by atoms with Crippen LogP contribution in [0.4, 0.5) is 0 Å². The van der Waals surface area contributed by atoms with Crippen molar-refractivity contribution in [2.75, 3.05) is 7.11 Å². The highest BCUT2D eigenvalue weighted by atomic mass is 16.5. The molecule has 0 saturated carbocycles. The van der Waals surface area contributed by atoms with Gasteiger partial charge in [-0.1, -0.05) is 45.4 Å². The second-order valence-electron chi connectivity index (χ2n) is 5.35. The van der Waals surface area contributed by atoms with E-state index in [0.29, 0.717) is 12.0 Å². The highest BCUT2D eigenvalue weighted by Crippen LogP contribution is 2.10. The zero-order valence-corrected chi connectivity index (χ0v) is 13.5. The van der Waals surface area contributed by atoms with Gasteiger partial charge in [0.15, 0.2) is 0 Å². The number of hydrogen-bond acceptors (Lipinski definition) is 4. The first-order valence-corrected chi connectivity index (χ1v) is 7.97. The molecule has 0 aliphatic carbocycles. The van der Waals surface area contributed by atoms with Crippen molar-refractivity contribution in [2.45, 2.75) is 57.9 Å². The van der Waals surface area contributed by atoms with Crippen LogP contribution in [0.2, 0.25) is 0 Å². The molecule has 0 bridgehead atoms. The molecule has 1 rings (SSSR count). The van der Waals surface area contributed by atoms with Gasteiger partial charge in [0.1, 0.15) is 6.04 Å². The molecule has 1 amide bonds. The fraction of sp³-hybridized carbons (Fsp3) is 0.588. The van der Waals surface area contributed by atoms with Gasteiger partial charge in [0, 0.05) is 12.4 Å². The second-order valence-corrected chi connectivity index (χ2v) is 5.35. The standard InChI is InChI=1S/C17H26N2O3/c1-3-4-5-6-7-8-11-15(17(21)22-2)19-16(20)14-10-9-12-18-13-14/h9-10,12-13,15H,3-8,11H2,1-2H3,(H,19,20)/t15-/m1/s1. The molecule has 22 heavy (non-hydrogen) atoms. The average Bonchev–Trinajstić information content (AvgIpc) is 2.56. The number of carbonyl (C=O) groups is 2. The lowest BCUT2D eigenvalue weighted by atomic mass is 10.1. The summed E-state index contributed by atoms with van der Waals surface area (Å²) in [4.78, 5) is 27.8. The molecule has 1 aromatic rings. The van der Waals surface area contributed by atoms with Crippen LogP contribution >= 0.6 is 0 Å². The molecule has 0 aromatic carbocycles. The van der Waals surface area contributed by atoms with E-state index in [-0.39, 0.29) is 5.91 Å². The lowest BCUT2D eigenvalue weighted by Crippen LogP contribution is -2.41. The lowest BCUT2D eigenvalue weighted by Gasteiger charge is -2.16. The van der Waals surface area contributed by atoms with Gasteiger partial charge in [-0.15, -0.1) is 0 Å². The minimum Gasteiger partial charge on any atom is -0.467 e. The van der Waals surface area contributed by atoms with Gasteiger partial charge in [-0.2, -0.15) is 0 Å². The summed E-state index contributed by atoms with van der Waals surface area (Å²) < 4.78 is 4.78. The summed E-state index contributed by atoms with van der Waals surface area (Å²) in [5.41, 5.74) is 0.444. The molecule has 0 saturated heterocycles. The van der Waals surface area contributed by atoms with Gasteiger partial charge in [0.05, 0.1) is 12.7 Å². The zero-order chi connectivity index (χ0) is 16.2. The molecule has 1 atom stereocenters. The molecule has 1 heterocycles. The molecular formula is C17H26N2O3. The molecule has 0 radical (unpaired) electrons. The molecule has 0 aliphatic heterocycles. The Morgan fingerprint density at radius 2 is 1.95 bits per heavy atom. The highest BCUT2D eigenvalue weighted by molar-refractivity contribution is 5.96. The van der Waals surface area contributed by atoms with Crippen molar-refractivity contribution in [3.05, 3.63) is 30.1 Å². The molecular weight excluding hydrogens is 280 g/mol. The number of hydrogen-bond donors (Lipinski definition) is 1. The third kappa shape index (κ3) is 6.70. The lowest BCUT2D eigenvalue weighted by molar-refractivity contribution is -0.143. The van der Waals surface area contributed by atoms with Crippen LogP contribution in [0.15, 0.2) is 24.5 Å². The quantitative estimate of drug-likeness (QED) is 0.533. The van der Waals surface area contributed by atoms with Crippen molar-refractivity contribution in [1.29, 1.82) is 0 Å². The van der Waals surface area contributed by atoms with E-state index in [1.807, 2.05) is 0 Å². The van der Waals surface area contributed by atoms with Crippen molar-refractivity contribution in [3.63, 3.8) is 0 Å². The molecule has 5 nitrogen and oxygen atoms in total. The summed E-state index contributed by atoms with van der Waals surface area (Å²) >= 11 is 0. The Hall–Kier alpha value is -1.91. The van der Waals surface area contributed by atoms with Crippen molar-refractivity contribution in [1.82, 2.24) is 10.3 Å². The number of nitrogens with zero attached hydrogens (tertiary/aromatic N) is 1. The Kier molecular flexibility index (Phi) is 8.88. The van der Waals surface area contributed by atoms with Gasteiger partial charge in [-0.25, -0.2) is 4.79 Å². The predicted molar refractivity (Wildman–Crippen MR) is 85.5 cm³/mol. The van der Waals surface area contributed by atoms with E-state index in [4.69, 9.17) is 4.74 Å². The monoisotopic (exact) mass is 306 g/mol. The van der Waals surface area contributed by atoms with Crippen LogP contribution in [0.1, 0.15) is 62.2 Å². The van der Waals surface area contributed by atoms with Crippen molar-refractivity contribution in [3.8, 4) is 0 Å². The first kappa shape index (κ1) is 18.1. The van der Waals surface area contributed by atoms with Gasteiger partial charge < -0.3 is 10.1 Å². The van der Waals surface area contributed by atoms with Gasteiger partial charge in [0.25, 0.3) is 5.91 Å². The van der Waals surface area contributed by atoms with Gasteiger partial charge in [-0.3, -0.25) is 9.78 Å². The Morgan fingerprint density at radius 3 is 2.59 bits per heavy atom. The minimum atomic E-state index is -0.594. The smallest absolute Gasteiger partial charge is 0.328 e. The Balaban J connectivity index is 2.44. The maximum absolute atomic E-state index is 12.1. The molecule has 0 spiro atoms. The summed E-state index contributed by atoms with van der Waals surface area (Å²) in [6.45, 7) is 2.18. The predicted octanol–water partition coefficient (Wildman–Crippen LogP) is 3.10. The van der Waals surface area contributed by atoms with Crippen LogP contribution in [0, 0.1) is 0 Å². The number of ether oxygens (including phenoxy) is 1. The van der Waals surface area contributed by atoms with E-state index in [9.17, 15) is 9.59 Å². The molecule has 0 fully saturated rings. The third-order valence-electron chi connectivity index (χ3n) is 3.56. The topological polar surface area (TPSA) is 68.3 Å². The highest BCUT2D eigenvalue weighted by Gasteiger charge is 2.21. The number of amides is 1. The van der Waals surface area contributed by atoms with Crippen LogP contribution in [0.5, 0.6) is 0 Å². The Morgan fingerprint density at radius 1 is 1.23 bits per heavy atom. The number of nitrogens with one attached hydrogen (secondary N) is 1. The minimum absolute atomic E-state index is 0.297. The molecule has 0 aliphatic rings. The molecule has 0 unspecified atom stereocenters. The number of pyridine rings is 1. The molecule has 5 heteroatoms. The van der Waals surface area contributed by atoms with E-state index in [1.165, 1.54) is 32.6 Å². The number of aromatic nitrogens is 1. The molecule has 1 N–H and O–H groups in total. The van der Waals surface area contributed by atoms with Gasteiger partial charge in [-0.05, 0) is 18.6 Å². The largest absolute Gasteiger partial charge is 0.467 e. The number of esters is 1. The molecule has 122 valence electrons. The van der Waals surface area contributed by atoms with Crippen LogP contribution in [0.3, 0.4) is 0 Å². The van der Waals surface area contributed by atoms with Crippen LogP contribution in [-0.2, 0) is 9.53 Å². The first-order chi connectivity index (χ1) is 10.7. The average molecular weight is 306 g/mol. The van der Waals surface area contributed by atoms with Crippen molar-refractivity contribution in [2.24, 2.45) is 0 Å². The SMILES string of the molecule is CCCCCCCC[C@@H](NC(=O)c1cccnc1)C(=O)OC. The normalized spacial score (nSPS) is 11.7. The van der Waals surface area contributed by atoms with Crippen LogP contribution in [-0.4, -0.2) is 30.0 Å². The number of rotatable bonds is 10. The van der Waals surface area contributed by atoms with Crippen LogP contribution < -0.4 is 5.32 Å². The van der Waals surface area contributed by atoms with Crippen LogP contribution in [0.25, 0.3) is 0 Å². The van der Waals surface area contributed by atoms with E-state index in [0.717, 1.165) is 19.3 Å². The van der Waals surface area contributed by atoms with Crippen molar-refractivity contribution >= 4 is 11.9 Å². The first-order valence-electron chi connectivity index (χ1n) is 7.97. The third-order valence-corrected chi connectivity index (χ3v) is 3.56.